The lowest BCUT2D eigenvalue weighted by Crippen LogP contribution is -2.52. The van der Waals surface area contributed by atoms with E-state index in [0.717, 1.165) is 12.8 Å². The van der Waals surface area contributed by atoms with E-state index < -0.39 is 76.3 Å². The molecule has 6 rings (SSSR count). The van der Waals surface area contributed by atoms with Crippen LogP contribution in [0.1, 0.15) is 106 Å². The van der Waals surface area contributed by atoms with Gasteiger partial charge < -0.3 is 45.1 Å². The predicted molar refractivity (Wildman–Crippen MR) is 187 cm³/mol. The summed E-state index contributed by atoms with van der Waals surface area (Å²) >= 11 is 0. The predicted octanol–water partition coefficient (Wildman–Crippen LogP) is 3.42. The number of ketones is 2. The molecule has 0 saturated carbocycles. The van der Waals surface area contributed by atoms with Crippen LogP contribution in [0, 0.1) is 0 Å². The molecule has 14 nitrogen and oxygen atoms in total. The number of benzene rings is 3. The summed E-state index contributed by atoms with van der Waals surface area (Å²) in [4.78, 5) is 40.9. The lowest BCUT2D eigenvalue weighted by molar-refractivity contribution is -0.245. The standard InChI is InChI=1S/C38H43N3O11/c1-5-6-14-50-21-12-10-20(11-13-21)37(47)41-40-19(3)38(48)16-23-29(26(17-38)52-27-15-24(39)32(42)18(2)51-27)36(46)31-30(34(23)44)33(43)22-8-7-9-25(49-4)28(22)35(31)45/h7-13,18,24,26-27,32,42,44,46,48H,5-6,14-17,39H2,1-4H3,(H,41,47)/b40-19-/t18-,24-,26+,27+,32+,38+/m0/s1. The molecule has 1 saturated heterocycles. The summed E-state index contributed by atoms with van der Waals surface area (Å²) in [5, 5.41) is 50.3. The number of hydrogen-bond acceptors (Lipinski definition) is 13. The van der Waals surface area contributed by atoms with Gasteiger partial charge in [-0.15, -0.1) is 0 Å². The van der Waals surface area contributed by atoms with Gasteiger partial charge in [0.1, 0.15) is 28.6 Å². The van der Waals surface area contributed by atoms with E-state index in [1.54, 1.807) is 31.2 Å². The number of ether oxygens (including phenoxy) is 4. The molecule has 0 unspecified atom stereocenters. The molecule has 14 heteroatoms. The molecular weight excluding hydrogens is 674 g/mol. The molecule has 3 aromatic carbocycles. The number of hydrazone groups is 1. The number of phenolic OH excluding ortho intramolecular Hbond substituents is 2. The van der Waals surface area contributed by atoms with Crippen LogP contribution in [-0.4, -0.2) is 87.5 Å². The van der Waals surface area contributed by atoms with Crippen molar-refractivity contribution in [2.24, 2.45) is 10.8 Å². The van der Waals surface area contributed by atoms with E-state index in [9.17, 15) is 34.8 Å². The molecule has 3 aliphatic rings. The second-order valence-corrected chi connectivity index (χ2v) is 13.4. The van der Waals surface area contributed by atoms with Crippen LogP contribution in [0.5, 0.6) is 23.0 Å². The third-order valence-electron chi connectivity index (χ3n) is 10.0. The molecule has 1 amide bonds. The summed E-state index contributed by atoms with van der Waals surface area (Å²) in [5.41, 5.74) is 5.97. The molecule has 6 atom stereocenters. The Morgan fingerprint density at radius 1 is 1.08 bits per heavy atom. The van der Waals surface area contributed by atoms with Gasteiger partial charge in [0.05, 0.1) is 54.4 Å². The maximum Gasteiger partial charge on any atom is 0.271 e. The SMILES string of the molecule is CCCCOc1ccc(C(=O)N/N=C(/C)[C@@]2(O)Cc3c(O)c4c(c(O)c3[C@H](O[C@@H]3C[C@H](N)[C@H](O)[C@H](C)O3)C2)C(=O)c2c(OC)cccc2C4=O)cc1. The molecule has 0 bridgehead atoms. The molecular formula is C38H43N3O11. The average Bonchev–Trinajstić information content (AvgIpc) is 3.12. The number of unbranched alkanes of at least 4 members (excludes halogenated alkanes) is 1. The van der Waals surface area contributed by atoms with Crippen molar-refractivity contribution in [3.63, 3.8) is 0 Å². The van der Waals surface area contributed by atoms with Crippen molar-refractivity contribution < 1.29 is 53.8 Å². The van der Waals surface area contributed by atoms with Crippen molar-refractivity contribution in [3.8, 4) is 23.0 Å². The molecule has 1 aliphatic heterocycles. The van der Waals surface area contributed by atoms with Crippen LogP contribution < -0.4 is 20.6 Å². The highest BCUT2D eigenvalue weighted by Gasteiger charge is 2.49. The summed E-state index contributed by atoms with van der Waals surface area (Å²) in [6.07, 6.45) is -2.72. The van der Waals surface area contributed by atoms with E-state index in [1.807, 2.05) is 0 Å². The van der Waals surface area contributed by atoms with Crippen molar-refractivity contribution >= 4 is 23.2 Å². The maximum absolute atomic E-state index is 14.0. The molecule has 276 valence electrons. The van der Waals surface area contributed by atoms with E-state index in [2.05, 4.69) is 17.5 Å². The molecule has 1 heterocycles. The van der Waals surface area contributed by atoms with Crippen molar-refractivity contribution in [2.75, 3.05) is 13.7 Å². The second kappa shape index (κ2) is 14.6. The fourth-order valence-corrected chi connectivity index (χ4v) is 7.01. The van der Waals surface area contributed by atoms with Gasteiger partial charge in [-0.1, -0.05) is 25.5 Å². The van der Waals surface area contributed by atoms with E-state index in [4.69, 9.17) is 24.7 Å². The van der Waals surface area contributed by atoms with E-state index >= 15 is 0 Å². The Labute approximate surface area is 300 Å². The monoisotopic (exact) mass is 717 g/mol. The van der Waals surface area contributed by atoms with Gasteiger partial charge in [-0.2, -0.15) is 5.10 Å². The lowest BCUT2D eigenvalue weighted by Gasteiger charge is -2.42. The van der Waals surface area contributed by atoms with Crippen LogP contribution in [0.15, 0.2) is 47.6 Å². The first kappa shape index (κ1) is 36.9. The molecule has 1 fully saturated rings. The van der Waals surface area contributed by atoms with E-state index in [0.29, 0.717) is 12.4 Å². The summed E-state index contributed by atoms with van der Waals surface area (Å²) in [6, 6.07) is 10.2. The van der Waals surface area contributed by atoms with Crippen LogP contribution in [0.2, 0.25) is 0 Å². The number of nitrogens with one attached hydrogen (secondary N) is 1. The van der Waals surface area contributed by atoms with Crippen molar-refractivity contribution in [1.82, 2.24) is 5.43 Å². The van der Waals surface area contributed by atoms with Gasteiger partial charge in [-0.3, -0.25) is 14.4 Å². The molecule has 52 heavy (non-hydrogen) atoms. The minimum absolute atomic E-state index is 0.0245. The first-order valence-corrected chi connectivity index (χ1v) is 17.2. The van der Waals surface area contributed by atoms with Gasteiger partial charge in [0, 0.05) is 47.6 Å². The number of rotatable bonds is 10. The van der Waals surface area contributed by atoms with Crippen molar-refractivity contribution in [3.05, 3.63) is 81.4 Å². The quantitative estimate of drug-likeness (QED) is 0.0602. The number of aliphatic hydroxyl groups excluding tert-OH is 1. The number of aromatic hydroxyl groups is 2. The van der Waals surface area contributed by atoms with Crippen LogP contribution in [0.25, 0.3) is 0 Å². The van der Waals surface area contributed by atoms with Crippen molar-refractivity contribution in [1.29, 1.82) is 0 Å². The first-order chi connectivity index (χ1) is 24.8. The highest BCUT2D eigenvalue weighted by Crippen LogP contribution is 2.52. The number of amides is 1. The van der Waals surface area contributed by atoms with Crippen LogP contribution in [0.3, 0.4) is 0 Å². The van der Waals surface area contributed by atoms with Gasteiger partial charge in [-0.25, -0.2) is 5.43 Å². The number of carbonyl (C=O) groups excluding carboxylic acids is 3. The number of fused-ring (bicyclic) bond motifs is 3. The Morgan fingerprint density at radius 2 is 1.79 bits per heavy atom. The Kier molecular flexibility index (Phi) is 10.4. The molecule has 7 N–H and O–H groups in total. The molecule has 3 aromatic rings. The number of phenols is 2. The van der Waals surface area contributed by atoms with Gasteiger partial charge in [0.25, 0.3) is 5.91 Å². The summed E-state index contributed by atoms with van der Waals surface area (Å²) in [5.74, 6) is -2.53. The third kappa shape index (κ3) is 6.63. The molecule has 0 radical (unpaired) electrons. The Bertz CT molecular complexity index is 1920. The zero-order valence-corrected chi connectivity index (χ0v) is 29.3. The maximum atomic E-state index is 14.0. The number of aliphatic hydroxyl groups is 2. The number of carbonyl (C=O) groups is 3. The summed E-state index contributed by atoms with van der Waals surface area (Å²) < 4.78 is 23.2. The Morgan fingerprint density at radius 3 is 2.46 bits per heavy atom. The Balaban J connectivity index is 1.37. The normalized spacial score (nSPS) is 25.5. The molecule has 0 aromatic heterocycles. The number of nitrogens with two attached hydrogens (primary N) is 1. The van der Waals surface area contributed by atoms with Gasteiger partial charge in [-0.05, 0) is 50.6 Å². The smallest absolute Gasteiger partial charge is 0.271 e. The number of nitrogens with zero attached hydrogens (tertiary/aromatic N) is 1. The zero-order valence-electron chi connectivity index (χ0n) is 29.3. The van der Waals surface area contributed by atoms with Crippen LogP contribution >= 0.6 is 0 Å². The van der Waals surface area contributed by atoms with E-state index in [1.165, 1.54) is 32.2 Å². The highest BCUT2D eigenvalue weighted by molar-refractivity contribution is 6.31. The fourth-order valence-electron chi connectivity index (χ4n) is 7.01. The topological polar surface area (TPSA) is 219 Å². The number of hydrogen-bond donors (Lipinski definition) is 6. The van der Waals surface area contributed by atoms with Crippen molar-refractivity contribution in [2.45, 2.75) is 89.1 Å². The van der Waals surface area contributed by atoms with E-state index in [-0.39, 0.29) is 58.5 Å². The van der Waals surface area contributed by atoms with Gasteiger partial charge in [0.15, 0.2) is 12.1 Å². The lowest BCUT2D eigenvalue weighted by atomic mass is 9.71. The van der Waals surface area contributed by atoms with Crippen LogP contribution in [-0.2, 0) is 15.9 Å². The first-order valence-electron chi connectivity index (χ1n) is 17.2. The average molecular weight is 718 g/mol. The van der Waals surface area contributed by atoms with Gasteiger partial charge in [0.2, 0.25) is 5.78 Å². The third-order valence-corrected chi connectivity index (χ3v) is 10.0. The highest BCUT2D eigenvalue weighted by atomic mass is 16.7. The zero-order chi connectivity index (χ0) is 37.5. The molecule has 0 spiro atoms. The summed E-state index contributed by atoms with van der Waals surface area (Å²) in [7, 11) is 1.34. The Hall–Kier alpha value is -4.86. The van der Waals surface area contributed by atoms with Crippen LogP contribution in [0.4, 0.5) is 0 Å². The minimum Gasteiger partial charge on any atom is -0.507 e. The summed E-state index contributed by atoms with van der Waals surface area (Å²) in [6.45, 7) is 5.71. The molecule has 2 aliphatic carbocycles. The minimum atomic E-state index is -1.91. The largest absolute Gasteiger partial charge is 0.507 e. The number of methoxy groups -OCH3 is 1. The fraction of sp³-hybridized carbons (Fsp3) is 0.421. The van der Waals surface area contributed by atoms with Gasteiger partial charge >= 0.3 is 0 Å². The second-order valence-electron chi connectivity index (χ2n) is 13.4.